The number of hydrogen-bond donors (Lipinski definition) is 2. The SMILES string of the molecule is CN(C(=O)c1ccc(N2CCNC2=O)cc1)C1CC2CCC(C1)N2. The van der Waals surface area contributed by atoms with Gasteiger partial charge in [0, 0.05) is 49.5 Å². The van der Waals surface area contributed by atoms with Crippen LogP contribution in [0.4, 0.5) is 10.5 Å². The van der Waals surface area contributed by atoms with Crippen LogP contribution >= 0.6 is 0 Å². The summed E-state index contributed by atoms with van der Waals surface area (Å²) in [7, 11) is 1.92. The third-order valence-corrected chi connectivity index (χ3v) is 5.60. The van der Waals surface area contributed by atoms with Gasteiger partial charge in [0.25, 0.3) is 5.91 Å². The van der Waals surface area contributed by atoms with Gasteiger partial charge in [0.2, 0.25) is 0 Å². The van der Waals surface area contributed by atoms with E-state index in [0.29, 0.717) is 36.8 Å². The van der Waals surface area contributed by atoms with Crippen molar-refractivity contribution in [2.75, 3.05) is 25.0 Å². The van der Waals surface area contributed by atoms with Gasteiger partial charge >= 0.3 is 6.03 Å². The van der Waals surface area contributed by atoms with Gasteiger partial charge in [0.1, 0.15) is 0 Å². The topological polar surface area (TPSA) is 64.7 Å². The summed E-state index contributed by atoms with van der Waals surface area (Å²) in [6.45, 7) is 1.34. The Morgan fingerprint density at radius 2 is 1.83 bits per heavy atom. The maximum Gasteiger partial charge on any atom is 0.321 e. The molecule has 2 N–H and O–H groups in total. The first-order chi connectivity index (χ1) is 11.6. The molecule has 2 bridgehead atoms. The van der Waals surface area contributed by atoms with Crippen molar-refractivity contribution in [1.29, 1.82) is 0 Å². The molecule has 0 aromatic heterocycles. The molecular weight excluding hydrogens is 304 g/mol. The van der Waals surface area contributed by atoms with E-state index in [4.69, 9.17) is 0 Å². The molecule has 2 unspecified atom stereocenters. The fourth-order valence-corrected chi connectivity index (χ4v) is 4.21. The Kier molecular flexibility index (Phi) is 3.92. The minimum absolute atomic E-state index is 0.0683. The minimum atomic E-state index is -0.0728. The van der Waals surface area contributed by atoms with Crippen LogP contribution in [0.15, 0.2) is 24.3 Å². The number of amides is 3. The first kappa shape index (κ1) is 15.4. The fraction of sp³-hybridized carbons (Fsp3) is 0.556. The molecule has 0 spiro atoms. The molecule has 1 aromatic carbocycles. The van der Waals surface area contributed by atoms with Crippen molar-refractivity contribution in [3.63, 3.8) is 0 Å². The van der Waals surface area contributed by atoms with Gasteiger partial charge in [-0.25, -0.2) is 4.79 Å². The number of nitrogens with one attached hydrogen (secondary N) is 2. The smallest absolute Gasteiger partial charge is 0.321 e. The summed E-state index contributed by atoms with van der Waals surface area (Å²) in [5, 5.41) is 6.40. The Labute approximate surface area is 142 Å². The van der Waals surface area contributed by atoms with Gasteiger partial charge in [0.15, 0.2) is 0 Å². The summed E-state index contributed by atoms with van der Waals surface area (Å²) in [5.41, 5.74) is 1.52. The number of carbonyl (C=O) groups is 2. The average Bonchev–Trinajstić information content (AvgIpc) is 3.18. The lowest BCUT2D eigenvalue weighted by Gasteiger charge is -2.35. The fourth-order valence-electron chi connectivity index (χ4n) is 4.21. The molecule has 1 aromatic rings. The number of rotatable bonds is 3. The summed E-state index contributed by atoms with van der Waals surface area (Å²) in [6.07, 6.45) is 4.56. The second-order valence-electron chi connectivity index (χ2n) is 7.11. The molecule has 4 rings (SSSR count). The van der Waals surface area contributed by atoms with Gasteiger partial charge in [0.05, 0.1) is 0 Å². The number of fused-ring (bicyclic) bond motifs is 2. The molecule has 6 nitrogen and oxygen atoms in total. The highest BCUT2D eigenvalue weighted by Gasteiger charge is 2.36. The van der Waals surface area contributed by atoms with Crippen LogP contribution < -0.4 is 15.5 Å². The largest absolute Gasteiger partial charge is 0.339 e. The Hall–Kier alpha value is -2.08. The number of piperidine rings is 1. The van der Waals surface area contributed by atoms with E-state index in [2.05, 4.69) is 10.6 Å². The number of hydrogen-bond acceptors (Lipinski definition) is 3. The Morgan fingerprint density at radius 3 is 2.42 bits per heavy atom. The Bertz CT molecular complexity index is 633. The summed E-state index contributed by atoms with van der Waals surface area (Å²) in [4.78, 5) is 28.1. The van der Waals surface area contributed by atoms with Crippen molar-refractivity contribution >= 4 is 17.6 Å². The molecule has 3 aliphatic heterocycles. The van der Waals surface area contributed by atoms with Crippen LogP contribution in [0.2, 0.25) is 0 Å². The van der Waals surface area contributed by atoms with Crippen LogP contribution in [0.3, 0.4) is 0 Å². The standard InChI is InChI=1S/C18H24N4O2/c1-21(16-10-13-4-5-14(11-16)20-13)17(23)12-2-6-15(7-3-12)22-9-8-19-18(22)24/h2-3,6-7,13-14,16,20H,4-5,8-11H2,1H3,(H,19,24). The molecule has 3 aliphatic rings. The number of carbonyl (C=O) groups excluding carboxylic acids is 2. The molecule has 0 aliphatic carbocycles. The monoisotopic (exact) mass is 328 g/mol. The normalized spacial score (nSPS) is 28.8. The molecule has 3 heterocycles. The van der Waals surface area contributed by atoms with Gasteiger partial charge in [-0.3, -0.25) is 9.69 Å². The van der Waals surface area contributed by atoms with E-state index in [9.17, 15) is 9.59 Å². The zero-order valence-corrected chi connectivity index (χ0v) is 14.0. The van der Waals surface area contributed by atoms with Gasteiger partial charge in [-0.05, 0) is 49.9 Å². The van der Waals surface area contributed by atoms with Crippen LogP contribution in [0.1, 0.15) is 36.0 Å². The quantitative estimate of drug-likeness (QED) is 0.885. The molecule has 3 fully saturated rings. The molecule has 128 valence electrons. The van der Waals surface area contributed by atoms with E-state index in [1.807, 2.05) is 36.2 Å². The van der Waals surface area contributed by atoms with E-state index >= 15 is 0 Å². The molecule has 3 saturated heterocycles. The Balaban J connectivity index is 1.45. The molecule has 24 heavy (non-hydrogen) atoms. The first-order valence-corrected chi connectivity index (χ1v) is 8.80. The highest BCUT2D eigenvalue weighted by atomic mass is 16.2. The maximum absolute atomic E-state index is 12.8. The van der Waals surface area contributed by atoms with Gasteiger partial charge in [-0.1, -0.05) is 0 Å². The van der Waals surface area contributed by atoms with Crippen molar-refractivity contribution in [3.8, 4) is 0 Å². The zero-order valence-electron chi connectivity index (χ0n) is 14.0. The predicted molar refractivity (Wildman–Crippen MR) is 92.2 cm³/mol. The zero-order chi connectivity index (χ0) is 16.7. The first-order valence-electron chi connectivity index (χ1n) is 8.80. The van der Waals surface area contributed by atoms with Crippen LogP contribution in [0, 0.1) is 0 Å². The number of anilines is 1. The van der Waals surface area contributed by atoms with Crippen molar-refractivity contribution in [2.24, 2.45) is 0 Å². The van der Waals surface area contributed by atoms with Crippen molar-refractivity contribution in [2.45, 2.75) is 43.8 Å². The summed E-state index contributed by atoms with van der Waals surface area (Å²) < 4.78 is 0. The van der Waals surface area contributed by atoms with Gasteiger partial charge in [-0.2, -0.15) is 0 Å². The maximum atomic E-state index is 12.8. The van der Waals surface area contributed by atoms with Crippen molar-refractivity contribution < 1.29 is 9.59 Å². The van der Waals surface area contributed by atoms with E-state index in [1.165, 1.54) is 12.8 Å². The summed E-state index contributed by atoms with van der Waals surface area (Å²) >= 11 is 0. The lowest BCUT2D eigenvalue weighted by atomic mass is 9.98. The van der Waals surface area contributed by atoms with E-state index in [0.717, 1.165) is 18.5 Å². The molecule has 2 atom stereocenters. The third-order valence-electron chi connectivity index (χ3n) is 5.60. The molecule has 0 saturated carbocycles. The molecule has 3 amide bonds. The highest BCUT2D eigenvalue weighted by molar-refractivity contribution is 5.97. The second kappa shape index (κ2) is 6.09. The second-order valence-corrected chi connectivity index (χ2v) is 7.11. The summed E-state index contributed by atoms with van der Waals surface area (Å²) in [6, 6.07) is 8.76. The molecule has 6 heteroatoms. The third kappa shape index (κ3) is 2.75. The van der Waals surface area contributed by atoms with Crippen LogP contribution in [-0.2, 0) is 0 Å². The molecular formula is C18H24N4O2. The van der Waals surface area contributed by atoms with Crippen molar-refractivity contribution in [1.82, 2.24) is 15.5 Å². The van der Waals surface area contributed by atoms with Crippen LogP contribution in [0.25, 0.3) is 0 Å². The van der Waals surface area contributed by atoms with E-state index in [1.54, 1.807) is 4.90 Å². The van der Waals surface area contributed by atoms with Gasteiger partial charge in [-0.15, -0.1) is 0 Å². The van der Waals surface area contributed by atoms with Crippen molar-refractivity contribution in [3.05, 3.63) is 29.8 Å². The molecule has 0 radical (unpaired) electrons. The Morgan fingerprint density at radius 1 is 1.17 bits per heavy atom. The van der Waals surface area contributed by atoms with Gasteiger partial charge < -0.3 is 15.5 Å². The van der Waals surface area contributed by atoms with Crippen LogP contribution in [0.5, 0.6) is 0 Å². The lowest BCUT2D eigenvalue weighted by molar-refractivity contribution is 0.0681. The minimum Gasteiger partial charge on any atom is -0.339 e. The number of benzene rings is 1. The lowest BCUT2D eigenvalue weighted by Crippen LogP contribution is -2.48. The predicted octanol–water partition coefficient (Wildman–Crippen LogP) is 1.57. The number of urea groups is 1. The van der Waals surface area contributed by atoms with E-state index < -0.39 is 0 Å². The summed E-state index contributed by atoms with van der Waals surface area (Å²) in [5.74, 6) is 0.0683. The highest BCUT2D eigenvalue weighted by Crippen LogP contribution is 2.30. The van der Waals surface area contributed by atoms with Crippen LogP contribution in [-0.4, -0.2) is 55.1 Å². The average molecular weight is 328 g/mol. The van der Waals surface area contributed by atoms with E-state index in [-0.39, 0.29) is 11.9 Å². The number of nitrogens with zero attached hydrogens (tertiary/aromatic N) is 2.